The van der Waals surface area contributed by atoms with E-state index < -0.39 is 12.0 Å². The molecule has 0 radical (unpaired) electrons. The Kier molecular flexibility index (Phi) is 4.72. The standard InChI is InChI=1S/C19H16ClN3O2S/c20-17-15(18-21-14(11-26-18)19(24)25)16(12-7-3-1-4-8-12)22-23(17)13-9-5-2-6-10-13/h1-10,14,18,21H,11H2,(H,24,25)/t14-,18+/m1/s1. The second-order valence-corrected chi connectivity index (χ2v) is 7.43. The van der Waals surface area contributed by atoms with Crippen LogP contribution in [0.5, 0.6) is 0 Å². The van der Waals surface area contributed by atoms with Crippen LogP contribution in [0.4, 0.5) is 0 Å². The van der Waals surface area contributed by atoms with Gasteiger partial charge in [0.2, 0.25) is 0 Å². The Hall–Kier alpha value is -2.28. The molecule has 1 aromatic heterocycles. The van der Waals surface area contributed by atoms with E-state index in [1.54, 1.807) is 4.68 Å². The second kappa shape index (κ2) is 7.15. The molecule has 0 bridgehead atoms. The minimum atomic E-state index is -0.854. The molecule has 0 unspecified atom stereocenters. The number of carboxylic acid groups (broad SMARTS) is 1. The van der Waals surface area contributed by atoms with Crippen LogP contribution in [0.1, 0.15) is 10.9 Å². The zero-order valence-electron chi connectivity index (χ0n) is 13.7. The van der Waals surface area contributed by atoms with Gasteiger partial charge in [-0.05, 0) is 12.1 Å². The summed E-state index contributed by atoms with van der Waals surface area (Å²) >= 11 is 8.25. The van der Waals surface area contributed by atoms with Gasteiger partial charge in [-0.15, -0.1) is 11.8 Å². The van der Waals surface area contributed by atoms with Crippen LogP contribution in [-0.2, 0) is 4.79 Å². The van der Waals surface area contributed by atoms with Gasteiger partial charge >= 0.3 is 5.97 Å². The zero-order valence-corrected chi connectivity index (χ0v) is 15.2. The molecule has 132 valence electrons. The normalized spacial score (nSPS) is 19.6. The van der Waals surface area contributed by atoms with E-state index in [4.69, 9.17) is 16.7 Å². The summed E-state index contributed by atoms with van der Waals surface area (Å²) in [4.78, 5) is 11.3. The summed E-state index contributed by atoms with van der Waals surface area (Å²) in [5.41, 5.74) is 3.38. The summed E-state index contributed by atoms with van der Waals surface area (Å²) in [6, 6.07) is 18.9. The van der Waals surface area contributed by atoms with Crippen LogP contribution in [0, 0.1) is 0 Å². The first-order valence-electron chi connectivity index (χ1n) is 8.15. The highest BCUT2D eigenvalue weighted by molar-refractivity contribution is 7.99. The van der Waals surface area contributed by atoms with Gasteiger partial charge in [0.05, 0.1) is 16.8 Å². The van der Waals surface area contributed by atoms with Crippen molar-refractivity contribution in [2.45, 2.75) is 11.4 Å². The number of hydrogen-bond acceptors (Lipinski definition) is 4. The van der Waals surface area contributed by atoms with Gasteiger partial charge in [-0.3, -0.25) is 10.1 Å². The molecule has 5 nitrogen and oxygen atoms in total. The highest BCUT2D eigenvalue weighted by Gasteiger charge is 2.35. The number of aromatic nitrogens is 2. The predicted octanol–water partition coefficient (Wildman–Crippen LogP) is 3.98. The van der Waals surface area contributed by atoms with Gasteiger partial charge in [-0.25, -0.2) is 4.68 Å². The minimum Gasteiger partial charge on any atom is -0.480 e. The molecule has 7 heteroatoms. The predicted molar refractivity (Wildman–Crippen MR) is 104 cm³/mol. The number of nitrogens with one attached hydrogen (secondary N) is 1. The lowest BCUT2D eigenvalue weighted by atomic mass is 10.1. The Labute approximate surface area is 160 Å². The molecule has 4 rings (SSSR count). The fourth-order valence-corrected chi connectivity index (χ4v) is 4.64. The number of aliphatic carboxylic acids is 1. The lowest BCUT2D eigenvalue weighted by Gasteiger charge is -2.12. The molecule has 1 aliphatic heterocycles. The van der Waals surface area contributed by atoms with Gasteiger partial charge in [0.1, 0.15) is 11.2 Å². The first-order valence-corrected chi connectivity index (χ1v) is 9.57. The molecule has 2 heterocycles. The molecule has 1 fully saturated rings. The molecule has 0 amide bonds. The summed E-state index contributed by atoms with van der Waals surface area (Å²) < 4.78 is 1.70. The van der Waals surface area contributed by atoms with Gasteiger partial charge in [-0.1, -0.05) is 60.1 Å². The fourth-order valence-electron chi connectivity index (χ4n) is 2.97. The van der Waals surface area contributed by atoms with Crippen LogP contribution in [-0.4, -0.2) is 32.7 Å². The van der Waals surface area contributed by atoms with Crippen molar-refractivity contribution in [1.82, 2.24) is 15.1 Å². The van der Waals surface area contributed by atoms with Crippen molar-refractivity contribution < 1.29 is 9.90 Å². The van der Waals surface area contributed by atoms with E-state index in [1.165, 1.54) is 11.8 Å². The first-order chi connectivity index (χ1) is 12.6. The molecule has 1 saturated heterocycles. The van der Waals surface area contributed by atoms with Gasteiger partial charge < -0.3 is 5.11 Å². The summed E-state index contributed by atoms with van der Waals surface area (Å²) in [7, 11) is 0. The third-order valence-electron chi connectivity index (χ3n) is 4.25. The average Bonchev–Trinajstić information content (AvgIpc) is 3.28. The molecule has 2 N–H and O–H groups in total. The summed E-state index contributed by atoms with van der Waals surface area (Å²) in [6.45, 7) is 0. The Morgan fingerprint density at radius 2 is 1.81 bits per heavy atom. The van der Waals surface area contributed by atoms with Crippen molar-refractivity contribution in [2.75, 3.05) is 5.75 Å². The van der Waals surface area contributed by atoms with Gasteiger partial charge in [0, 0.05) is 16.9 Å². The van der Waals surface area contributed by atoms with E-state index in [0.717, 1.165) is 22.5 Å². The zero-order chi connectivity index (χ0) is 18.1. The molecule has 0 aliphatic carbocycles. The van der Waals surface area contributed by atoms with E-state index in [9.17, 15) is 9.90 Å². The lowest BCUT2D eigenvalue weighted by molar-refractivity contribution is -0.138. The van der Waals surface area contributed by atoms with Crippen molar-refractivity contribution in [3.8, 4) is 16.9 Å². The lowest BCUT2D eigenvalue weighted by Crippen LogP contribution is -2.33. The number of halogens is 1. The number of carboxylic acids is 1. The van der Waals surface area contributed by atoms with Crippen LogP contribution >= 0.6 is 23.4 Å². The molecule has 0 spiro atoms. The number of benzene rings is 2. The van der Waals surface area contributed by atoms with Gasteiger partial charge in [0.15, 0.2) is 0 Å². The summed E-state index contributed by atoms with van der Waals surface area (Å²) in [6.07, 6.45) is 0. The van der Waals surface area contributed by atoms with Gasteiger partial charge in [-0.2, -0.15) is 5.10 Å². The Morgan fingerprint density at radius 3 is 2.42 bits per heavy atom. The molecule has 1 aliphatic rings. The topological polar surface area (TPSA) is 67.1 Å². The van der Waals surface area contributed by atoms with Crippen LogP contribution in [0.15, 0.2) is 60.7 Å². The van der Waals surface area contributed by atoms with Crippen molar-refractivity contribution in [3.05, 3.63) is 71.4 Å². The highest BCUT2D eigenvalue weighted by Crippen LogP contribution is 2.42. The number of rotatable bonds is 4. The third-order valence-corrected chi connectivity index (χ3v) is 5.85. The largest absolute Gasteiger partial charge is 0.480 e. The Morgan fingerprint density at radius 1 is 1.15 bits per heavy atom. The number of para-hydroxylation sites is 1. The maximum absolute atomic E-state index is 11.3. The van der Waals surface area contributed by atoms with Crippen molar-refractivity contribution in [1.29, 1.82) is 0 Å². The SMILES string of the molecule is O=C(O)[C@H]1CS[C@@H](c2c(-c3ccccc3)nn(-c3ccccc3)c2Cl)N1. The van der Waals surface area contributed by atoms with Crippen LogP contribution in [0.25, 0.3) is 16.9 Å². The summed E-state index contributed by atoms with van der Waals surface area (Å²) in [5.74, 6) is -0.367. The van der Waals surface area contributed by atoms with E-state index >= 15 is 0 Å². The number of thioether (sulfide) groups is 1. The van der Waals surface area contributed by atoms with Crippen molar-refractivity contribution in [3.63, 3.8) is 0 Å². The number of carbonyl (C=O) groups is 1. The van der Waals surface area contributed by atoms with E-state index in [0.29, 0.717) is 10.9 Å². The highest BCUT2D eigenvalue weighted by atomic mass is 35.5. The van der Waals surface area contributed by atoms with E-state index in [-0.39, 0.29) is 5.37 Å². The number of nitrogens with zero attached hydrogens (tertiary/aromatic N) is 2. The molecule has 3 aromatic rings. The Bertz CT molecular complexity index is 931. The smallest absolute Gasteiger partial charge is 0.321 e. The molecule has 26 heavy (non-hydrogen) atoms. The molecule has 2 atom stereocenters. The fraction of sp³-hybridized carbons (Fsp3) is 0.158. The average molecular weight is 386 g/mol. The van der Waals surface area contributed by atoms with Crippen LogP contribution < -0.4 is 5.32 Å². The minimum absolute atomic E-state index is 0.226. The number of hydrogen-bond donors (Lipinski definition) is 2. The molecular formula is C19H16ClN3O2S. The maximum Gasteiger partial charge on any atom is 0.321 e. The second-order valence-electron chi connectivity index (χ2n) is 5.94. The maximum atomic E-state index is 11.3. The van der Waals surface area contributed by atoms with Crippen LogP contribution in [0.2, 0.25) is 5.15 Å². The van der Waals surface area contributed by atoms with E-state index in [2.05, 4.69) is 5.32 Å². The van der Waals surface area contributed by atoms with Gasteiger partial charge in [0.25, 0.3) is 0 Å². The quantitative estimate of drug-likeness (QED) is 0.711. The monoisotopic (exact) mass is 385 g/mol. The third kappa shape index (κ3) is 3.11. The first kappa shape index (κ1) is 17.1. The van der Waals surface area contributed by atoms with Crippen molar-refractivity contribution in [2.24, 2.45) is 0 Å². The molecule has 0 saturated carbocycles. The van der Waals surface area contributed by atoms with E-state index in [1.807, 2.05) is 60.7 Å². The van der Waals surface area contributed by atoms with Crippen LogP contribution in [0.3, 0.4) is 0 Å². The van der Waals surface area contributed by atoms with Crippen molar-refractivity contribution >= 4 is 29.3 Å². The Balaban J connectivity index is 1.84. The summed E-state index contributed by atoms with van der Waals surface area (Å²) in [5, 5.41) is 17.4. The molecular weight excluding hydrogens is 370 g/mol. The molecule has 2 aromatic carbocycles.